The zero-order chi connectivity index (χ0) is 29.0. The summed E-state index contributed by atoms with van der Waals surface area (Å²) in [6.45, 7) is 9.99. The Bertz CT molecular complexity index is 1520. The first-order chi connectivity index (χ1) is 18.9. The van der Waals surface area contributed by atoms with Crippen LogP contribution in [-0.4, -0.2) is 35.2 Å². The van der Waals surface area contributed by atoms with Gasteiger partial charge in [-0.1, -0.05) is 51.1 Å². The molecule has 0 fully saturated rings. The number of aliphatic carboxylic acids is 1. The van der Waals surface area contributed by atoms with Crippen molar-refractivity contribution in [2.75, 3.05) is 12.0 Å². The number of ether oxygens (including phenoxy) is 2. The highest BCUT2D eigenvalue weighted by Crippen LogP contribution is 2.32. The molecule has 3 aromatic carbocycles. The number of aryl methyl sites for hydroxylation is 1. The minimum atomic E-state index is -1.04. The molecule has 4 rings (SSSR count). The number of nitrogens with zero attached hydrogens (tertiary/aromatic N) is 2. The van der Waals surface area contributed by atoms with Gasteiger partial charge in [0.1, 0.15) is 17.3 Å². The lowest BCUT2D eigenvalue weighted by Gasteiger charge is -2.27. The summed E-state index contributed by atoms with van der Waals surface area (Å²) >= 11 is 0. The third-order valence-electron chi connectivity index (χ3n) is 6.64. The van der Waals surface area contributed by atoms with E-state index in [4.69, 9.17) is 9.47 Å². The molecule has 7 nitrogen and oxygen atoms in total. The predicted octanol–water partition coefficient (Wildman–Crippen LogP) is 7.04. The largest absolute Gasteiger partial charge is 0.496 e. The topological polar surface area (TPSA) is 89.0 Å². The number of benzene rings is 3. The third-order valence-corrected chi connectivity index (χ3v) is 6.64. The average molecular weight is 541 g/mol. The molecule has 0 saturated carbocycles. The zero-order valence-electron chi connectivity index (χ0n) is 23.9. The van der Waals surface area contributed by atoms with E-state index in [9.17, 15) is 14.7 Å². The van der Waals surface area contributed by atoms with Crippen LogP contribution in [0.3, 0.4) is 0 Å². The normalized spacial score (nSPS) is 12.2. The number of anilines is 1. The molecule has 0 aliphatic carbocycles. The number of carbonyl (C=O) groups excluding carboxylic acids is 1. The lowest BCUT2D eigenvalue weighted by molar-refractivity contribution is -0.144. The van der Waals surface area contributed by atoms with Crippen LogP contribution in [0, 0.1) is 12.3 Å². The second-order valence-corrected chi connectivity index (χ2v) is 11.2. The van der Waals surface area contributed by atoms with E-state index in [0.717, 1.165) is 38.8 Å². The maximum Gasteiger partial charge on any atom is 0.344 e. The molecular weight excluding hydrogens is 504 g/mol. The number of methoxy groups -OCH3 is 1. The fourth-order valence-corrected chi connectivity index (χ4v) is 4.56. The molecule has 0 bridgehead atoms. The number of hydrogen-bond donors (Lipinski definition) is 1. The summed E-state index contributed by atoms with van der Waals surface area (Å²) < 4.78 is 10.9. The predicted molar refractivity (Wildman–Crippen MR) is 158 cm³/mol. The van der Waals surface area contributed by atoms with Gasteiger partial charge in [0.25, 0.3) is 0 Å². The van der Waals surface area contributed by atoms with Crippen molar-refractivity contribution in [1.29, 1.82) is 0 Å². The van der Waals surface area contributed by atoms with E-state index in [1.54, 1.807) is 30.3 Å². The second kappa shape index (κ2) is 11.8. The molecule has 0 aliphatic heterocycles. The zero-order valence-corrected chi connectivity index (χ0v) is 23.9. The number of carboxylic acid groups (broad SMARTS) is 1. The van der Waals surface area contributed by atoms with Crippen LogP contribution in [0.4, 0.5) is 5.82 Å². The van der Waals surface area contributed by atoms with Gasteiger partial charge in [-0.3, -0.25) is 9.69 Å². The lowest BCUT2D eigenvalue weighted by Crippen LogP contribution is -2.34. The summed E-state index contributed by atoms with van der Waals surface area (Å²) in [5.41, 5.74) is 4.01. The SMILES string of the molecule is COc1ccc(-c2ccc(CN(C(=O)CC(C)(C)C)c3nccc4cc(OC(C)C(=O)O)ccc34)cc2)cc1C. The Morgan fingerprint density at radius 2 is 1.68 bits per heavy atom. The summed E-state index contributed by atoms with van der Waals surface area (Å²) in [5, 5.41) is 10.8. The monoisotopic (exact) mass is 540 g/mol. The van der Waals surface area contributed by atoms with Crippen LogP contribution in [-0.2, 0) is 16.1 Å². The van der Waals surface area contributed by atoms with Crippen LogP contribution >= 0.6 is 0 Å². The van der Waals surface area contributed by atoms with Crippen molar-refractivity contribution in [2.45, 2.75) is 53.7 Å². The first-order valence-electron chi connectivity index (χ1n) is 13.3. The molecule has 0 radical (unpaired) electrons. The number of carbonyl (C=O) groups is 2. The van der Waals surface area contributed by atoms with Gasteiger partial charge in [0.05, 0.1) is 13.7 Å². The van der Waals surface area contributed by atoms with Crippen molar-refractivity contribution in [3.63, 3.8) is 0 Å². The molecule has 1 N–H and O–H groups in total. The van der Waals surface area contributed by atoms with E-state index in [0.29, 0.717) is 24.5 Å². The Labute approximate surface area is 235 Å². The summed E-state index contributed by atoms with van der Waals surface area (Å²) in [4.78, 5) is 31.3. The Morgan fingerprint density at radius 1 is 0.975 bits per heavy atom. The lowest BCUT2D eigenvalue weighted by atomic mass is 9.91. The number of amides is 1. The molecule has 0 saturated heterocycles. The summed E-state index contributed by atoms with van der Waals surface area (Å²) in [6.07, 6.45) is 1.04. The van der Waals surface area contributed by atoms with Crippen molar-refractivity contribution >= 4 is 28.5 Å². The maximum atomic E-state index is 13.7. The van der Waals surface area contributed by atoms with Gasteiger partial charge in [-0.25, -0.2) is 9.78 Å². The molecule has 208 valence electrons. The number of pyridine rings is 1. The van der Waals surface area contributed by atoms with Crippen LogP contribution in [0.25, 0.3) is 21.9 Å². The number of rotatable bonds is 9. The van der Waals surface area contributed by atoms with Crippen LogP contribution in [0.5, 0.6) is 11.5 Å². The molecule has 40 heavy (non-hydrogen) atoms. The fraction of sp³-hybridized carbons (Fsp3) is 0.303. The quantitative estimate of drug-likeness (QED) is 0.245. The molecule has 1 heterocycles. The van der Waals surface area contributed by atoms with Gasteiger partial charge in [-0.15, -0.1) is 0 Å². The molecule has 1 amide bonds. The summed E-state index contributed by atoms with van der Waals surface area (Å²) in [7, 11) is 1.67. The summed E-state index contributed by atoms with van der Waals surface area (Å²) in [5.74, 6) is 0.784. The van der Waals surface area contributed by atoms with E-state index in [1.807, 2.05) is 64.1 Å². The standard InChI is InChI=1S/C33H36N2O5/c1-21-17-25(11-14-29(21)39-6)24-9-7-23(8-10-24)20-35(30(36)19-33(3,4)5)31-28-13-12-27(40-22(2)32(37)38)18-26(28)15-16-34-31/h7-18,22H,19-20H2,1-6H3,(H,37,38). The number of carboxylic acids is 1. The Morgan fingerprint density at radius 3 is 2.30 bits per heavy atom. The van der Waals surface area contributed by atoms with Gasteiger partial charge in [0.15, 0.2) is 6.10 Å². The van der Waals surface area contributed by atoms with Crippen LogP contribution in [0.1, 0.15) is 45.2 Å². The Balaban J connectivity index is 1.67. The van der Waals surface area contributed by atoms with Crippen LogP contribution in [0.2, 0.25) is 0 Å². The molecule has 0 aliphatic rings. The Hall–Kier alpha value is -4.39. The average Bonchev–Trinajstić information content (AvgIpc) is 2.90. The number of hydrogen-bond acceptors (Lipinski definition) is 5. The molecule has 1 aromatic heterocycles. The highest BCUT2D eigenvalue weighted by Gasteiger charge is 2.25. The van der Waals surface area contributed by atoms with Gasteiger partial charge >= 0.3 is 5.97 Å². The van der Waals surface area contributed by atoms with E-state index in [1.165, 1.54) is 6.92 Å². The number of aromatic nitrogens is 1. The molecule has 1 atom stereocenters. The molecule has 1 unspecified atom stereocenters. The van der Waals surface area contributed by atoms with Crippen molar-refractivity contribution in [2.24, 2.45) is 5.41 Å². The Kier molecular flexibility index (Phi) is 8.43. The second-order valence-electron chi connectivity index (χ2n) is 11.2. The van der Waals surface area contributed by atoms with Crippen molar-refractivity contribution in [3.05, 3.63) is 84.1 Å². The van der Waals surface area contributed by atoms with Gasteiger partial charge < -0.3 is 14.6 Å². The highest BCUT2D eigenvalue weighted by atomic mass is 16.5. The minimum absolute atomic E-state index is 0.0258. The smallest absolute Gasteiger partial charge is 0.344 e. The molecule has 4 aromatic rings. The number of fused-ring (bicyclic) bond motifs is 1. The van der Waals surface area contributed by atoms with E-state index < -0.39 is 12.1 Å². The van der Waals surface area contributed by atoms with Crippen LogP contribution < -0.4 is 14.4 Å². The first-order valence-corrected chi connectivity index (χ1v) is 13.3. The van der Waals surface area contributed by atoms with Crippen molar-refractivity contribution in [1.82, 2.24) is 4.98 Å². The van der Waals surface area contributed by atoms with E-state index in [-0.39, 0.29) is 11.3 Å². The molecular formula is C33H36N2O5. The highest BCUT2D eigenvalue weighted by molar-refractivity contribution is 6.02. The third kappa shape index (κ3) is 6.78. The molecule has 7 heteroatoms. The minimum Gasteiger partial charge on any atom is -0.496 e. The van der Waals surface area contributed by atoms with Gasteiger partial charge in [0, 0.05) is 18.0 Å². The van der Waals surface area contributed by atoms with Crippen molar-refractivity contribution < 1.29 is 24.2 Å². The first kappa shape index (κ1) is 28.6. The van der Waals surface area contributed by atoms with Crippen LogP contribution in [0.15, 0.2) is 72.9 Å². The summed E-state index contributed by atoms with van der Waals surface area (Å²) in [6, 6.07) is 21.5. The maximum absolute atomic E-state index is 13.7. The van der Waals surface area contributed by atoms with Gasteiger partial charge in [-0.2, -0.15) is 0 Å². The fourth-order valence-electron chi connectivity index (χ4n) is 4.56. The van der Waals surface area contributed by atoms with E-state index >= 15 is 0 Å². The van der Waals surface area contributed by atoms with E-state index in [2.05, 4.69) is 23.2 Å². The van der Waals surface area contributed by atoms with Crippen molar-refractivity contribution in [3.8, 4) is 22.6 Å². The molecule has 0 spiro atoms. The van der Waals surface area contributed by atoms with Gasteiger partial charge in [-0.05, 0) is 83.3 Å². The van der Waals surface area contributed by atoms with Gasteiger partial charge in [0.2, 0.25) is 5.91 Å².